The maximum absolute atomic E-state index is 11.6. The number of amides is 1. The lowest BCUT2D eigenvalue weighted by molar-refractivity contribution is -0.119. The summed E-state index contributed by atoms with van der Waals surface area (Å²) in [6, 6.07) is 3.74. The second kappa shape index (κ2) is 6.32. The summed E-state index contributed by atoms with van der Waals surface area (Å²) in [5.41, 5.74) is 12.4. The maximum Gasteiger partial charge on any atom is 0.231 e. The van der Waals surface area contributed by atoms with E-state index in [1.807, 2.05) is 19.1 Å². The fourth-order valence-electron chi connectivity index (χ4n) is 1.26. The van der Waals surface area contributed by atoms with Crippen LogP contribution >= 0.6 is 0 Å². The molecule has 5 nitrogen and oxygen atoms in total. The van der Waals surface area contributed by atoms with Crippen molar-refractivity contribution in [1.29, 1.82) is 0 Å². The number of hydrogen-bond donors (Lipinski definition) is 3. The van der Waals surface area contributed by atoms with Gasteiger partial charge in [-0.25, -0.2) is 0 Å². The van der Waals surface area contributed by atoms with E-state index in [0.717, 1.165) is 11.3 Å². The number of carbonyl (C=O) groups is 1. The van der Waals surface area contributed by atoms with E-state index in [2.05, 4.69) is 10.3 Å². The molecule has 0 aromatic carbocycles. The van der Waals surface area contributed by atoms with Crippen LogP contribution in [0.2, 0.25) is 0 Å². The maximum atomic E-state index is 11.6. The Kier molecular flexibility index (Phi) is 4.75. The van der Waals surface area contributed by atoms with E-state index in [-0.39, 0.29) is 18.1 Å². The summed E-state index contributed by atoms with van der Waals surface area (Å²) >= 11 is 0. The first-order valence-electron chi connectivity index (χ1n) is 5.18. The molecular formula is C12H16N4O. The fourth-order valence-corrected chi connectivity index (χ4v) is 1.26. The molecule has 1 aromatic heterocycles. The number of nitrogens with zero attached hydrogens (tertiary/aromatic N) is 1. The summed E-state index contributed by atoms with van der Waals surface area (Å²) in [5.74, 6) is 0.0521. The van der Waals surface area contributed by atoms with Crippen molar-refractivity contribution in [1.82, 2.24) is 10.3 Å². The van der Waals surface area contributed by atoms with Gasteiger partial charge in [-0.3, -0.25) is 9.78 Å². The summed E-state index contributed by atoms with van der Waals surface area (Å²) in [5, 5.41) is 2.54. The SMILES string of the molecule is Cc1cccnc1CC(=O)N/C(N)=C/C=C\N. The van der Waals surface area contributed by atoms with Gasteiger partial charge in [-0.1, -0.05) is 6.07 Å². The molecule has 1 aromatic rings. The predicted molar refractivity (Wildman–Crippen MR) is 66.4 cm³/mol. The van der Waals surface area contributed by atoms with Gasteiger partial charge in [-0.2, -0.15) is 0 Å². The number of allylic oxidation sites excluding steroid dienone is 2. The fraction of sp³-hybridized carbons (Fsp3) is 0.167. The Labute approximate surface area is 100 Å². The number of aromatic nitrogens is 1. The van der Waals surface area contributed by atoms with Crippen LogP contribution in [0.1, 0.15) is 11.3 Å². The van der Waals surface area contributed by atoms with Crippen molar-refractivity contribution in [2.75, 3.05) is 0 Å². The molecule has 0 bridgehead atoms. The van der Waals surface area contributed by atoms with Gasteiger partial charge < -0.3 is 16.8 Å². The van der Waals surface area contributed by atoms with Crippen LogP contribution in [0.25, 0.3) is 0 Å². The minimum atomic E-state index is -0.203. The molecule has 1 heterocycles. The zero-order valence-electron chi connectivity index (χ0n) is 9.68. The van der Waals surface area contributed by atoms with Gasteiger partial charge in [0.05, 0.1) is 12.1 Å². The summed E-state index contributed by atoms with van der Waals surface area (Å²) in [4.78, 5) is 15.7. The highest BCUT2D eigenvalue weighted by Crippen LogP contribution is 2.03. The van der Waals surface area contributed by atoms with Crippen LogP contribution < -0.4 is 16.8 Å². The first-order valence-corrected chi connectivity index (χ1v) is 5.18. The van der Waals surface area contributed by atoms with Crippen LogP contribution in [-0.2, 0) is 11.2 Å². The summed E-state index contributed by atoms with van der Waals surface area (Å²) in [7, 11) is 0. The zero-order valence-corrected chi connectivity index (χ0v) is 9.68. The highest BCUT2D eigenvalue weighted by atomic mass is 16.1. The normalized spacial score (nSPS) is 11.7. The third-order valence-electron chi connectivity index (χ3n) is 2.12. The quantitative estimate of drug-likeness (QED) is 0.652. The highest BCUT2D eigenvalue weighted by molar-refractivity contribution is 5.80. The van der Waals surface area contributed by atoms with Crippen LogP contribution in [0.15, 0.2) is 42.5 Å². The molecule has 0 aliphatic heterocycles. The van der Waals surface area contributed by atoms with E-state index in [1.54, 1.807) is 12.3 Å². The topological polar surface area (TPSA) is 94.0 Å². The predicted octanol–water partition coefficient (Wildman–Crippen LogP) is 0.321. The molecule has 17 heavy (non-hydrogen) atoms. The van der Waals surface area contributed by atoms with Crippen LogP contribution in [0.4, 0.5) is 0 Å². The molecule has 0 unspecified atom stereocenters. The van der Waals surface area contributed by atoms with E-state index in [1.165, 1.54) is 12.3 Å². The third-order valence-corrected chi connectivity index (χ3v) is 2.12. The largest absolute Gasteiger partial charge is 0.405 e. The Bertz CT molecular complexity index is 452. The number of rotatable bonds is 4. The average molecular weight is 232 g/mol. The van der Waals surface area contributed by atoms with E-state index >= 15 is 0 Å². The average Bonchev–Trinajstić information content (AvgIpc) is 2.29. The van der Waals surface area contributed by atoms with Gasteiger partial charge in [-0.15, -0.1) is 0 Å². The van der Waals surface area contributed by atoms with Crippen molar-refractivity contribution < 1.29 is 4.79 Å². The Morgan fingerprint density at radius 2 is 2.35 bits per heavy atom. The Hall–Kier alpha value is -2.30. The molecular weight excluding hydrogens is 216 g/mol. The summed E-state index contributed by atoms with van der Waals surface area (Å²) in [6.07, 6.45) is 6.26. The van der Waals surface area contributed by atoms with Crippen LogP contribution in [0.3, 0.4) is 0 Å². The lowest BCUT2D eigenvalue weighted by Gasteiger charge is -2.05. The highest BCUT2D eigenvalue weighted by Gasteiger charge is 2.06. The van der Waals surface area contributed by atoms with Gasteiger partial charge in [0.15, 0.2) is 0 Å². The summed E-state index contributed by atoms with van der Waals surface area (Å²) < 4.78 is 0. The number of carbonyl (C=O) groups excluding carboxylic acids is 1. The molecule has 0 saturated carbocycles. The molecule has 0 spiro atoms. The van der Waals surface area contributed by atoms with Crippen molar-refractivity contribution in [3.05, 3.63) is 53.8 Å². The standard InChI is InChI=1S/C12H16N4O/c1-9-4-3-7-15-10(9)8-12(17)16-11(14)5-2-6-13/h2-7H,8,13-14H2,1H3,(H,16,17)/b6-2-,11-5+. The van der Waals surface area contributed by atoms with E-state index in [0.29, 0.717) is 0 Å². The molecule has 0 fully saturated rings. The first kappa shape index (κ1) is 12.8. The minimum absolute atomic E-state index is 0.202. The van der Waals surface area contributed by atoms with E-state index in [9.17, 15) is 4.79 Å². The zero-order chi connectivity index (χ0) is 12.7. The van der Waals surface area contributed by atoms with Crippen molar-refractivity contribution in [2.24, 2.45) is 11.5 Å². The summed E-state index contributed by atoms with van der Waals surface area (Å²) in [6.45, 7) is 1.91. The van der Waals surface area contributed by atoms with Crippen LogP contribution in [0.5, 0.6) is 0 Å². The molecule has 0 saturated heterocycles. The molecule has 0 atom stereocenters. The van der Waals surface area contributed by atoms with Crippen molar-refractivity contribution in [3.63, 3.8) is 0 Å². The van der Waals surface area contributed by atoms with Gasteiger partial charge in [0, 0.05) is 6.20 Å². The number of nitrogens with two attached hydrogens (primary N) is 2. The van der Waals surface area contributed by atoms with Gasteiger partial charge in [0.2, 0.25) is 5.91 Å². The van der Waals surface area contributed by atoms with Crippen LogP contribution in [0, 0.1) is 6.92 Å². The molecule has 0 aliphatic carbocycles. The third kappa shape index (κ3) is 4.38. The van der Waals surface area contributed by atoms with Gasteiger partial charge in [0.25, 0.3) is 0 Å². The Morgan fingerprint density at radius 1 is 1.59 bits per heavy atom. The Morgan fingerprint density at radius 3 is 3.00 bits per heavy atom. The number of nitrogens with one attached hydrogen (secondary N) is 1. The second-order valence-corrected chi connectivity index (χ2v) is 3.50. The van der Waals surface area contributed by atoms with Gasteiger partial charge in [-0.05, 0) is 36.9 Å². The number of aryl methyl sites for hydroxylation is 1. The van der Waals surface area contributed by atoms with E-state index < -0.39 is 0 Å². The first-order chi connectivity index (χ1) is 8.13. The van der Waals surface area contributed by atoms with E-state index in [4.69, 9.17) is 11.5 Å². The molecule has 0 aliphatic rings. The van der Waals surface area contributed by atoms with Crippen molar-refractivity contribution in [2.45, 2.75) is 13.3 Å². The van der Waals surface area contributed by atoms with Gasteiger partial charge in [0.1, 0.15) is 5.82 Å². The van der Waals surface area contributed by atoms with Crippen LogP contribution in [-0.4, -0.2) is 10.9 Å². The number of pyridine rings is 1. The molecule has 5 N–H and O–H groups in total. The van der Waals surface area contributed by atoms with Crippen molar-refractivity contribution >= 4 is 5.91 Å². The molecule has 5 heteroatoms. The number of hydrogen-bond acceptors (Lipinski definition) is 4. The van der Waals surface area contributed by atoms with Crippen molar-refractivity contribution in [3.8, 4) is 0 Å². The molecule has 90 valence electrons. The smallest absolute Gasteiger partial charge is 0.231 e. The second-order valence-electron chi connectivity index (χ2n) is 3.50. The Balaban J connectivity index is 2.59. The molecule has 0 radical (unpaired) electrons. The minimum Gasteiger partial charge on any atom is -0.405 e. The van der Waals surface area contributed by atoms with Gasteiger partial charge >= 0.3 is 0 Å². The monoisotopic (exact) mass is 232 g/mol. The lowest BCUT2D eigenvalue weighted by atomic mass is 10.1. The molecule has 1 amide bonds. The molecule has 1 rings (SSSR count). The lowest BCUT2D eigenvalue weighted by Crippen LogP contribution is -2.29.